The van der Waals surface area contributed by atoms with Gasteiger partial charge in [-0.25, -0.2) is 18.7 Å². The fourth-order valence-electron chi connectivity index (χ4n) is 4.09. The maximum Gasteiger partial charge on any atom is 0.254 e. The predicted octanol–water partition coefficient (Wildman–Crippen LogP) is 4.72. The van der Waals surface area contributed by atoms with E-state index in [0.717, 1.165) is 19.3 Å². The van der Waals surface area contributed by atoms with Gasteiger partial charge >= 0.3 is 0 Å². The minimum atomic E-state index is -0.731. The van der Waals surface area contributed by atoms with Crippen molar-refractivity contribution in [3.05, 3.63) is 75.5 Å². The van der Waals surface area contributed by atoms with Crippen molar-refractivity contribution in [2.45, 2.75) is 44.2 Å². The second-order valence-corrected chi connectivity index (χ2v) is 9.12. The number of benzene rings is 2. The molecule has 2 atom stereocenters. The van der Waals surface area contributed by atoms with E-state index in [9.17, 15) is 18.7 Å². The van der Waals surface area contributed by atoms with Gasteiger partial charge in [0.25, 0.3) is 5.91 Å². The monoisotopic (exact) mass is 516 g/mol. The number of aromatic nitrogens is 2. The van der Waals surface area contributed by atoms with Crippen molar-refractivity contribution >= 4 is 27.7 Å². The number of carbonyl (C=O) groups excluding carboxylic acids is 1. The number of aliphatic hydroxyl groups excluding tert-OH is 1. The van der Waals surface area contributed by atoms with E-state index < -0.39 is 17.5 Å². The Balaban J connectivity index is 1.52. The van der Waals surface area contributed by atoms with E-state index >= 15 is 0 Å². The van der Waals surface area contributed by atoms with Crippen LogP contribution in [-0.4, -0.2) is 27.1 Å². The van der Waals surface area contributed by atoms with Gasteiger partial charge in [0.1, 0.15) is 23.1 Å². The number of nitrogen functional groups attached to an aromatic ring is 1. The van der Waals surface area contributed by atoms with Crippen molar-refractivity contribution < 1.29 is 18.7 Å². The number of rotatable bonds is 5. The Morgan fingerprint density at radius 3 is 2.76 bits per heavy atom. The average molecular weight is 517 g/mol. The highest BCUT2D eigenvalue weighted by atomic mass is 79.9. The quantitative estimate of drug-likeness (QED) is 0.455. The molecule has 2 aromatic carbocycles. The van der Waals surface area contributed by atoms with Crippen LogP contribution in [0.4, 0.5) is 14.6 Å². The van der Waals surface area contributed by atoms with E-state index in [-0.39, 0.29) is 29.9 Å². The van der Waals surface area contributed by atoms with Crippen LogP contribution in [0.15, 0.2) is 47.1 Å². The number of carbonyl (C=O) groups is 1. The van der Waals surface area contributed by atoms with Crippen LogP contribution in [0.1, 0.15) is 53.2 Å². The largest absolute Gasteiger partial charge is 0.393 e. The van der Waals surface area contributed by atoms with Crippen LogP contribution in [0.5, 0.6) is 0 Å². The van der Waals surface area contributed by atoms with Gasteiger partial charge in [0.2, 0.25) is 0 Å². The third kappa shape index (κ3) is 5.54. The molecule has 1 amide bonds. The summed E-state index contributed by atoms with van der Waals surface area (Å²) in [6.45, 7) is 0.0457. The third-order valence-corrected chi connectivity index (χ3v) is 6.20. The number of nitrogens with two attached hydrogens (primary N) is 1. The maximum absolute atomic E-state index is 14.8. The van der Waals surface area contributed by atoms with E-state index in [0.29, 0.717) is 33.4 Å². The summed E-state index contributed by atoms with van der Waals surface area (Å²) in [6.07, 6.45) is 4.41. The summed E-state index contributed by atoms with van der Waals surface area (Å²) in [7, 11) is 0. The zero-order chi connectivity index (χ0) is 23.5. The molecule has 1 fully saturated rings. The van der Waals surface area contributed by atoms with Gasteiger partial charge in [-0.05, 0) is 55.2 Å². The van der Waals surface area contributed by atoms with Gasteiger partial charge in [0.15, 0.2) is 0 Å². The molecule has 1 aliphatic rings. The first kappa shape index (κ1) is 23.3. The number of hydrogen-bond acceptors (Lipinski definition) is 5. The lowest BCUT2D eigenvalue weighted by Gasteiger charge is -2.25. The van der Waals surface area contributed by atoms with Crippen LogP contribution in [0, 0.1) is 11.6 Å². The van der Waals surface area contributed by atoms with Crippen LogP contribution >= 0.6 is 15.9 Å². The molecular formula is C24H23BrF2N4O2. The van der Waals surface area contributed by atoms with Gasteiger partial charge in [-0.15, -0.1) is 0 Å². The number of amides is 1. The summed E-state index contributed by atoms with van der Waals surface area (Å²) < 4.78 is 28.9. The second kappa shape index (κ2) is 9.93. The lowest BCUT2D eigenvalue weighted by Crippen LogP contribution is -2.24. The van der Waals surface area contributed by atoms with E-state index in [1.165, 1.54) is 24.3 Å². The summed E-state index contributed by atoms with van der Waals surface area (Å²) in [4.78, 5) is 21.3. The number of halogens is 3. The minimum Gasteiger partial charge on any atom is -0.393 e. The summed E-state index contributed by atoms with van der Waals surface area (Å²) >= 11 is 3.20. The van der Waals surface area contributed by atoms with Crippen molar-refractivity contribution in [1.82, 2.24) is 15.3 Å². The summed E-state index contributed by atoms with van der Waals surface area (Å²) in [5, 5.41) is 12.6. The maximum atomic E-state index is 14.8. The number of nitrogens with one attached hydrogen (secondary N) is 1. The van der Waals surface area contributed by atoms with Crippen molar-refractivity contribution in [3.8, 4) is 11.3 Å². The SMILES string of the molecule is Nc1ncc(C2CCCC(O)C2)nc1-c1ccc(C(=O)NCc2cc(F)cc(Br)c2)c(F)c1. The van der Waals surface area contributed by atoms with E-state index in [1.807, 2.05) is 0 Å². The highest BCUT2D eigenvalue weighted by Gasteiger charge is 2.24. The first-order valence-electron chi connectivity index (χ1n) is 10.6. The highest BCUT2D eigenvalue weighted by Crippen LogP contribution is 2.34. The smallest absolute Gasteiger partial charge is 0.254 e. The lowest BCUT2D eigenvalue weighted by atomic mass is 9.85. The average Bonchev–Trinajstić information content (AvgIpc) is 2.77. The van der Waals surface area contributed by atoms with Gasteiger partial charge in [-0.3, -0.25) is 4.79 Å². The molecule has 0 aliphatic heterocycles. The number of aliphatic hydroxyl groups is 1. The molecule has 4 rings (SSSR count). The molecule has 0 saturated heterocycles. The molecule has 1 aliphatic carbocycles. The van der Waals surface area contributed by atoms with Crippen LogP contribution in [0.3, 0.4) is 0 Å². The summed E-state index contributed by atoms with van der Waals surface area (Å²) in [5.41, 5.74) is 7.85. The lowest BCUT2D eigenvalue weighted by molar-refractivity contribution is 0.0946. The number of anilines is 1. The van der Waals surface area contributed by atoms with Gasteiger partial charge in [-0.1, -0.05) is 28.4 Å². The fraction of sp³-hybridized carbons (Fsp3) is 0.292. The third-order valence-electron chi connectivity index (χ3n) is 5.75. The minimum absolute atomic E-state index is 0.0457. The van der Waals surface area contributed by atoms with Crippen LogP contribution < -0.4 is 11.1 Å². The predicted molar refractivity (Wildman–Crippen MR) is 124 cm³/mol. The van der Waals surface area contributed by atoms with Crippen LogP contribution in [0.25, 0.3) is 11.3 Å². The Kier molecular flexibility index (Phi) is 6.99. The van der Waals surface area contributed by atoms with Crippen molar-refractivity contribution in [2.24, 2.45) is 0 Å². The molecule has 1 aromatic heterocycles. The molecule has 1 heterocycles. The fourth-order valence-corrected chi connectivity index (χ4v) is 4.60. The topological polar surface area (TPSA) is 101 Å². The van der Waals surface area contributed by atoms with E-state index in [2.05, 4.69) is 31.2 Å². The van der Waals surface area contributed by atoms with Gasteiger partial charge in [0, 0.05) is 22.5 Å². The zero-order valence-corrected chi connectivity index (χ0v) is 19.3. The van der Waals surface area contributed by atoms with Crippen molar-refractivity contribution in [2.75, 3.05) is 5.73 Å². The van der Waals surface area contributed by atoms with Gasteiger partial charge < -0.3 is 16.2 Å². The summed E-state index contributed by atoms with van der Waals surface area (Å²) in [6, 6.07) is 8.40. The molecule has 6 nitrogen and oxygen atoms in total. The molecule has 0 radical (unpaired) electrons. The Labute approximate surface area is 198 Å². The molecule has 2 unspecified atom stereocenters. The van der Waals surface area contributed by atoms with Gasteiger partial charge in [-0.2, -0.15) is 0 Å². The molecule has 3 aromatic rings. The Bertz CT molecular complexity index is 1170. The highest BCUT2D eigenvalue weighted by molar-refractivity contribution is 9.10. The number of nitrogens with zero attached hydrogens (tertiary/aromatic N) is 2. The first-order valence-corrected chi connectivity index (χ1v) is 11.4. The summed E-state index contributed by atoms with van der Waals surface area (Å²) in [5.74, 6) is -1.57. The van der Waals surface area contributed by atoms with E-state index in [1.54, 1.807) is 18.3 Å². The molecule has 0 bridgehead atoms. The standard InChI is InChI=1S/C24H23BrF2N4O2/c25-16-6-13(7-17(26)10-16)11-30-24(33)19-5-4-15(9-20(19)27)22-23(28)29-12-21(31-22)14-2-1-3-18(32)8-14/h4-7,9-10,12,14,18,32H,1-3,8,11H2,(H2,28,29)(H,30,33). The first-order chi connectivity index (χ1) is 15.8. The van der Waals surface area contributed by atoms with Crippen LogP contribution in [-0.2, 0) is 6.54 Å². The molecule has 4 N–H and O–H groups in total. The zero-order valence-electron chi connectivity index (χ0n) is 17.7. The second-order valence-electron chi connectivity index (χ2n) is 8.20. The molecule has 1 saturated carbocycles. The van der Waals surface area contributed by atoms with Crippen molar-refractivity contribution in [1.29, 1.82) is 0 Å². The van der Waals surface area contributed by atoms with Crippen molar-refractivity contribution in [3.63, 3.8) is 0 Å². The van der Waals surface area contributed by atoms with E-state index in [4.69, 9.17) is 5.73 Å². The molecular weight excluding hydrogens is 494 g/mol. The Morgan fingerprint density at radius 1 is 1.21 bits per heavy atom. The van der Waals surface area contributed by atoms with Crippen LogP contribution in [0.2, 0.25) is 0 Å². The molecule has 172 valence electrons. The molecule has 33 heavy (non-hydrogen) atoms. The van der Waals surface area contributed by atoms with Gasteiger partial charge in [0.05, 0.1) is 23.6 Å². The normalized spacial score (nSPS) is 18.2. The molecule has 9 heteroatoms. The number of hydrogen-bond donors (Lipinski definition) is 3. The Hall–Kier alpha value is -2.91. The Morgan fingerprint density at radius 2 is 2.03 bits per heavy atom. The molecule has 0 spiro atoms.